The summed E-state index contributed by atoms with van der Waals surface area (Å²) in [4.78, 5) is 27.8. The molecule has 0 saturated carbocycles. The molecule has 1 amide bonds. The number of imidazole rings is 1. The first-order valence-electron chi connectivity index (χ1n) is 6.14. The maximum Gasteiger partial charge on any atom is 0.308 e. The molecule has 1 unspecified atom stereocenters. The number of benzene rings is 1. The molecule has 1 atom stereocenters. The topological polar surface area (TPSA) is 73.2 Å². The average Bonchev–Trinajstić information content (AvgIpc) is 2.87. The van der Waals surface area contributed by atoms with E-state index in [1.54, 1.807) is 11.5 Å². The van der Waals surface area contributed by atoms with Crippen molar-refractivity contribution in [2.24, 2.45) is 0 Å². The molecule has 0 radical (unpaired) electrons. The number of esters is 1. The van der Waals surface area contributed by atoms with E-state index in [-0.39, 0.29) is 18.3 Å². The molecule has 1 aromatic carbocycles. The Morgan fingerprint density at radius 2 is 2.26 bits per heavy atom. The molecule has 19 heavy (non-hydrogen) atoms. The average molecular weight is 259 g/mol. The van der Waals surface area contributed by atoms with E-state index in [2.05, 4.69) is 10.3 Å². The number of para-hydroxylation sites is 2. The fourth-order valence-corrected chi connectivity index (χ4v) is 2.32. The van der Waals surface area contributed by atoms with Gasteiger partial charge in [-0.2, -0.15) is 0 Å². The van der Waals surface area contributed by atoms with Gasteiger partial charge in [0.1, 0.15) is 6.04 Å². The van der Waals surface area contributed by atoms with Gasteiger partial charge in [0.2, 0.25) is 11.9 Å². The van der Waals surface area contributed by atoms with Crippen molar-refractivity contribution in [1.82, 2.24) is 9.55 Å². The number of rotatable bonds is 3. The zero-order valence-corrected chi connectivity index (χ0v) is 10.4. The standard InChI is InChI=1S/C13H13N3O3/c1-2-19-11(17)7-10-12(18)15-13-14-8-5-3-4-6-9(8)16(10)13/h3-6,10H,2,7H2,1H3,(H,14,15,18). The minimum atomic E-state index is -0.582. The van der Waals surface area contributed by atoms with E-state index in [1.807, 2.05) is 24.3 Å². The number of ether oxygens (including phenoxy) is 1. The Morgan fingerprint density at radius 3 is 3.05 bits per heavy atom. The molecule has 0 bridgehead atoms. The second-order valence-corrected chi connectivity index (χ2v) is 4.31. The number of amides is 1. The van der Waals surface area contributed by atoms with E-state index < -0.39 is 6.04 Å². The van der Waals surface area contributed by atoms with Crippen molar-refractivity contribution in [3.63, 3.8) is 0 Å². The van der Waals surface area contributed by atoms with E-state index in [9.17, 15) is 9.59 Å². The summed E-state index contributed by atoms with van der Waals surface area (Å²) in [6, 6.07) is 6.93. The van der Waals surface area contributed by atoms with Crippen LogP contribution in [0, 0.1) is 0 Å². The normalized spacial score (nSPS) is 17.3. The van der Waals surface area contributed by atoms with E-state index >= 15 is 0 Å². The van der Waals surface area contributed by atoms with Gasteiger partial charge in [0.05, 0.1) is 24.1 Å². The molecule has 6 heteroatoms. The lowest BCUT2D eigenvalue weighted by Gasteiger charge is -2.10. The van der Waals surface area contributed by atoms with Gasteiger partial charge in [0, 0.05) is 0 Å². The van der Waals surface area contributed by atoms with Crippen molar-refractivity contribution < 1.29 is 14.3 Å². The number of anilines is 1. The van der Waals surface area contributed by atoms with Gasteiger partial charge in [-0.15, -0.1) is 0 Å². The second-order valence-electron chi connectivity index (χ2n) is 4.31. The molecule has 98 valence electrons. The summed E-state index contributed by atoms with van der Waals surface area (Å²) in [5.74, 6) is -0.116. The van der Waals surface area contributed by atoms with Gasteiger partial charge in [0.25, 0.3) is 0 Å². The summed E-state index contributed by atoms with van der Waals surface area (Å²) in [7, 11) is 0. The number of carbonyl (C=O) groups excluding carboxylic acids is 2. The first kappa shape index (κ1) is 11.7. The quantitative estimate of drug-likeness (QED) is 0.847. The lowest BCUT2D eigenvalue weighted by atomic mass is 10.2. The summed E-state index contributed by atoms with van der Waals surface area (Å²) in [5.41, 5.74) is 1.64. The van der Waals surface area contributed by atoms with Gasteiger partial charge in [0.15, 0.2) is 0 Å². The predicted octanol–water partition coefficient (Wildman–Crippen LogP) is 1.48. The molecule has 6 nitrogen and oxygen atoms in total. The van der Waals surface area contributed by atoms with E-state index in [0.29, 0.717) is 12.6 Å². The van der Waals surface area contributed by atoms with E-state index in [0.717, 1.165) is 11.0 Å². The molecule has 1 aromatic heterocycles. The van der Waals surface area contributed by atoms with E-state index in [4.69, 9.17) is 4.74 Å². The van der Waals surface area contributed by atoms with Crippen molar-refractivity contribution in [3.8, 4) is 0 Å². The summed E-state index contributed by atoms with van der Waals surface area (Å²) in [6.07, 6.45) is 0.0209. The van der Waals surface area contributed by atoms with Crippen molar-refractivity contribution in [1.29, 1.82) is 0 Å². The van der Waals surface area contributed by atoms with Crippen LogP contribution in [0.1, 0.15) is 19.4 Å². The molecule has 1 aliphatic heterocycles. The Kier molecular flexibility index (Phi) is 2.70. The van der Waals surface area contributed by atoms with Crippen LogP contribution in [0.5, 0.6) is 0 Å². The van der Waals surface area contributed by atoms with Gasteiger partial charge < -0.3 is 4.74 Å². The van der Waals surface area contributed by atoms with Crippen molar-refractivity contribution in [2.75, 3.05) is 11.9 Å². The number of hydrogen-bond donors (Lipinski definition) is 1. The third kappa shape index (κ3) is 1.85. The number of nitrogens with one attached hydrogen (secondary N) is 1. The number of nitrogens with zero attached hydrogens (tertiary/aromatic N) is 2. The molecule has 3 rings (SSSR count). The van der Waals surface area contributed by atoms with Gasteiger partial charge in [-0.3, -0.25) is 19.5 Å². The molecule has 0 aliphatic carbocycles. The van der Waals surface area contributed by atoms with Gasteiger partial charge in [-0.05, 0) is 19.1 Å². The molecular formula is C13H13N3O3. The van der Waals surface area contributed by atoms with Crippen LogP contribution in [0.4, 0.5) is 5.95 Å². The SMILES string of the molecule is CCOC(=O)CC1C(=O)Nc2nc3ccccc3n21. The number of aromatic nitrogens is 2. The Bertz CT molecular complexity index is 662. The third-order valence-electron chi connectivity index (χ3n) is 3.11. The van der Waals surface area contributed by atoms with Crippen LogP contribution in [0.25, 0.3) is 11.0 Å². The van der Waals surface area contributed by atoms with Crippen LogP contribution in [-0.2, 0) is 14.3 Å². The monoisotopic (exact) mass is 259 g/mol. The lowest BCUT2D eigenvalue weighted by molar-refractivity contribution is -0.145. The van der Waals surface area contributed by atoms with Crippen LogP contribution >= 0.6 is 0 Å². The van der Waals surface area contributed by atoms with Gasteiger partial charge >= 0.3 is 5.97 Å². The third-order valence-corrected chi connectivity index (χ3v) is 3.11. The summed E-state index contributed by atoms with van der Waals surface area (Å²) in [6.45, 7) is 2.05. The zero-order chi connectivity index (χ0) is 13.4. The molecular weight excluding hydrogens is 246 g/mol. The molecule has 0 spiro atoms. The highest BCUT2D eigenvalue weighted by atomic mass is 16.5. The highest BCUT2D eigenvalue weighted by Crippen LogP contribution is 2.32. The Hall–Kier alpha value is -2.37. The van der Waals surface area contributed by atoms with Crippen molar-refractivity contribution in [3.05, 3.63) is 24.3 Å². The van der Waals surface area contributed by atoms with Crippen LogP contribution in [0.3, 0.4) is 0 Å². The maximum atomic E-state index is 11.9. The largest absolute Gasteiger partial charge is 0.466 e. The highest BCUT2D eigenvalue weighted by Gasteiger charge is 2.34. The Morgan fingerprint density at radius 1 is 1.47 bits per heavy atom. The van der Waals surface area contributed by atoms with Crippen LogP contribution in [0.15, 0.2) is 24.3 Å². The summed E-state index contributed by atoms with van der Waals surface area (Å²) >= 11 is 0. The molecule has 2 heterocycles. The Balaban J connectivity index is 2.00. The molecule has 0 fully saturated rings. The summed E-state index contributed by atoms with van der Waals surface area (Å²) in [5, 5.41) is 2.69. The van der Waals surface area contributed by atoms with Crippen LogP contribution < -0.4 is 5.32 Å². The number of fused-ring (bicyclic) bond motifs is 3. The smallest absolute Gasteiger partial charge is 0.308 e. The fraction of sp³-hybridized carbons (Fsp3) is 0.308. The number of carbonyl (C=O) groups is 2. The minimum Gasteiger partial charge on any atom is -0.466 e. The fourth-order valence-electron chi connectivity index (χ4n) is 2.32. The number of hydrogen-bond acceptors (Lipinski definition) is 4. The molecule has 0 saturated heterocycles. The van der Waals surface area contributed by atoms with E-state index in [1.165, 1.54) is 0 Å². The highest BCUT2D eigenvalue weighted by molar-refractivity contribution is 6.01. The molecule has 2 aromatic rings. The van der Waals surface area contributed by atoms with Crippen molar-refractivity contribution in [2.45, 2.75) is 19.4 Å². The zero-order valence-electron chi connectivity index (χ0n) is 10.4. The van der Waals surface area contributed by atoms with Gasteiger partial charge in [-0.1, -0.05) is 12.1 Å². The summed E-state index contributed by atoms with van der Waals surface area (Å²) < 4.78 is 6.66. The lowest BCUT2D eigenvalue weighted by Crippen LogP contribution is -2.20. The molecule has 1 aliphatic rings. The minimum absolute atomic E-state index is 0.0209. The van der Waals surface area contributed by atoms with Crippen molar-refractivity contribution >= 4 is 28.9 Å². The van der Waals surface area contributed by atoms with Crippen LogP contribution in [-0.4, -0.2) is 28.0 Å². The van der Waals surface area contributed by atoms with Gasteiger partial charge in [-0.25, -0.2) is 4.98 Å². The maximum absolute atomic E-state index is 11.9. The van der Waals surface area contributed by atoms with Crippen LogP contribution in [0.2, 0.25) is 0 Å². The Labute approximate surface area is 109 Å². The predicted molar refractivity (Wildman–Crippen MR) is 68.6 cm³/mol. The first-order chi connectivity index (χ1) is 9.20. The first-order valence-corrected chi connectivity index (χ1v) is 6.14. The second kappa shape index (κ2) is 4.38. The molecule has 1 N–H and O–H groups in total.